The number of nitrogens with one attached hydrogen (secondary N) is 1. The number of carbonyl (C=O) groups is 1. The van der Waals surface area contributed by atoms with Crippen molar-refractivity contribution in [3.63, 3.8) is 0 Å². The summed E-state index contributed by atoms with van der Waals surface area (Å²) < 4.78 is 45.4. The second kappa shape index (κ2) is 10.2. The standard InChI is InChI=1S/C24H19BrClFN2O4S/c1-28-24(30)22-18-12-19(25)20(13-21(18)33-23(22)15-4-8-17(27)9-5-15)29(34(31)32)11-10-14-2-6-16(26)7-3-14/h2-9,12-13,34H,10-11H2,1H3,(H,28,30). The molecule has 0 spiro atoms. The van der Waals surface area contributed by atoms with Gasteiger partial charge in [0.05, 0.1) is 11.3 Å². The van der Waals surface area contributed by atoms with E-state index in [1.807, 2.05) is 12.1 Å². The van der Waals surface area contributed by atoms with E-state index >= 15 is 0 Å². The highest BCUT2D eigenvalue weighted by atomic mass is 79.9. The largest absolute Gasteiger partial charge is 0.455 e. The molecule has 0 fully saturated rings. The van der Waals surface area contributed by atoms with Crippen LogP contribution in [0.25, 0.3) is 22.3 Å². The molecule has 176 valence electrons. The average Bonchev–Trinajstić information content (AvgIpc) is 3.18. The molecule has 0 aliphatic carbocycles. The van der Waals surface area contributed by atoms with E-state index in [-0.39, 0.29) is 23.8 Å². The molecule has 1 amide bonds. The Kier molecular flexibility index (Phi) is 7.25. The predicted octanol–water partition coefficient (Wildman–Crippen LogP) is 5.59. The van der Waals surface area contributed by atoms with Gasteiger partial charge < -0.3 is 9.73 Å². The highest BCUT2D eigenvalue weighted by molar-refractivity contribution is 9.10. The van der Waals surface area contributed by atoms with Crippen LogP contribution in [0.2, 0.25) is 5.02 Å². The zero-order chi connectivity index (χ0) is 24.4. The van der Waals surface area contributed by atoms with Crippen molar-refractivity contribution < 1.29 is 22.0 Å². The van der Waals surface area contributed by atoms with Gasteiger partial charge in [0.2, 0.25) is 10.9 Å². The monoisotopic (exact) mass is 564 g/mol. The van der Waals surface area contributed by atoms with Crippen molar-refractivity contribution >= 4 is 61.0 Å². The van der Waals surface area contributed by atoms with Gasteiger partial charge in [0.1, 0.15) is 17.2 Å². The fourth-order valence-corrected chi connectivity index (χ4v) is 5.06. The third kappa shape index (κ3) is 4.96. The molecular formula is C24H19BrClFN2O4S. The Morgan fingerprint density at radius 1 is 1.12 bits per heavy atom. The van der Waals surface area contributed by atoms with Crippen LogP contribution < -0.4 is 9.62 Å². The van der Waals surface area contributed by atoms with Crippen molar-refractivity contribution in [2.75, 3.05) is 17.9 Å². The van der Waals surface area contributed by atoms with Gasteiger partial charge in [-0.05, 0) is 70.4 Å². The van der Waals surface area contributed by atoms with Crippen LogP contribution in [0.15, 0.2) is 69.6 Å². The SMILES string of the molecule is CNC(=O)c1c(-c2ccc(F)cc2)oc2cc(N(CCc3ccc(Cl)cc3)[SH](=O)=O)c(Br)cc12. The van der Waals surface area contributed by atoms with Crippen molar-refractivity contribution in [1.82, 2.24) is 5.32 Å². The van der Waals surface area contributed by atoms with E-state index in [4.69, 9.17) is 16.0 Å². The van der Waals surface area contributed by atoms with Crippen LogP contribution in [0.1, 0.15) is 15.9 Å². The van der Waals surface area contributed by atoms with Crippen LogP contribution in [0, 0.1) is 5.82 Å². The molecule has 34 heavy (non-hydrogen) atoms. The fourth-order valence-electron chi connectivity index (χ4n) is 3.63. The lowest BCUT2D eigenvalue weighted by molar-refractivity contribution is 0.0964. The van der Waals surface area contributed by atoms with Crippen LogP contribution in [0.4, 0.5) is 10.1 Å². The van der Waals surface area contributed by atoms with Crippen molar-refractivity contribution in [2.45, 2.75) is 6.42 Å². The Hall–Kier alpha value is -2.88. The minimum atomic E-state index is -2.96. The van der Waals surface area contributed by atoms with E-state index < -0.39 is 16.7 Å². The molecule has 0 aliphatic heterocycles. The number of fused-ring (bicyclic) bond motifs is 1. The normalized spacial score (nSPS) is 11.2. The van der Waals surface area contributed by atoms with Gasteiger partial charge in [-0.2, -0.15) is 0 Å². The first-order chi connectivity index (χ1) is 16.3. The Morgan fingerprint density at radius 2 is 1.79 bits per heavy atom. The summed E-state index contributed by atoms with van der Waals surface area (Å²) in [7, 11) is -1.46. The molecule has 6 nitrogen and oxygen atoms in total. The highest BCUT2D eigenvalue weighted by Gasteiger charge is 2.24. The molecule has 4 rings (SSSR count). The minimum absolute atomic E-state index is 0.193. The Balaban J connectivity index is 1.78. The van der Waals surface area contributed by atoms with E-state index in [0.717, 1.165) is 5.56 Å². The first-order valence-corrected chi connectivity index (χ1v) is 12.5. The number of hydrogen-bond acceptors (Lipinski definition) is 4. The van der Waals surface area contributed by atoms with Gasteiger partial charge in [-0.3, -0.25) is 9.10 Å². The molecule has 4 aromatic rings. The molecule has 3 aromatic carbocycles. The number of hydrogen-bond donors (Lipinski definition) is 2. The maximum atomic E-state index is 13.4. The van der Waals surface area contributed by atoms with Crippen LogP contribution in [-0.2, 0) is 17.3 Å². The van der Waals surface area contributed by atoms with Gasteiger partial charge >= 0.3 is 0 Å². The van der Waals surface area contributed by atoms with E-state index in [1.165, 1.54) is 35.6 Å². The van der Waals surface area contributed by atoms with Gasteiger partial charge in [0.25, 0.3) is 5.91 Å². The van der Waals surface area contributed by atoms with Gasteiger partial charge in [-0.15, -0.1) is 0 Å². The molecule has 0 aliphatic rings. The number of halogens is 3. The molecule has 0 bridgehead atoms. The molecule has 1 heterocycles. The number of amides is 1. The summed E-state index contributed by atoms with van der Waals surface area (Å²) >= 11 is 9.38. The summed E-state index contributed by atoms with van der Waals surface area (Å²) in [5, 5.41) is 3.69. The number of rotatable bonds is 7. The number of thiol groups is 1. The quantitative estimate of drug-likeness (QED) is 0.286. The van der Waals surface area contributed by atoms with Gasteiger partial charge in [-0.25, -0.2) is 12.8 Å². The fraction of sp³-hybridized carbons (Fsp3) is 0.125. The van der Waals surface area contributed by atoms with Crippen LogP contribution in [0.3, 0.4) is 0 Å². The Labute approximate surface area is 210 Å². The van der Waals surface area contributed by atoms with Gasteiger partial charge in [-0.1, -0.05) is 23.7 Å². The second-order valence-electron chi connectivity index (χ2n) is 7.43. The van der Waals surface area contributed by atoms with Crippen LogP contribution in [-0.4, -0.2) is 27.9 Å². The molecule has 1 aromatic heterocycles. The highest BCUT2D eigenvalue weighted by Crippen LogP contribution is 2.39. The summed E-state index contributed by atoms with van der Waals surface area (Å²) in [5.74, 6) is -0.535. The lowest BCUT2D eigenvalue weighted by Gasteiger charge is -2.19. The molecule has 10 heteroatoms. The van der Waals surface area contributed by atoms with Crippen LogP contribution >= 0.6 is 27.5 Å². The molecular weight excluding hydrogens is 547 g/mol. The summed E-state index contributed by atoms with van der Waals surface area (Å²) in [6, 6.07) is 16.0. The number of anilines is 1. The predicted molar refractivity (Wildman–Crippen MR) is 136 cm³/mol. The zero-order valence-electron chi connectivity index (χ0n) is 17.8. The van der Waals surface area contributed by atoms with Crippen molar-refractivity contribution in [3.8, 4) is 11.3 Å². The van der Waals surface area contributed by atoms with E-state index in [2.05, 4.69) is 21.2 Å². The van der Waals surface area contributed by atoms with Crippen LogP contribution in [0.5, 0.6) is 0 Å². The van der Waals surface area contributed by atoms with Gasteiger partial charge in [0, 0.05) is 40.1 Å². The molecule has 0 unspecified atom stereocenters. The lowest BCUT2D eigenvalue weighted by atomic mass is 10.0. The third-order valence-electron chi connectivity index (χ3n) is 5.32. The Bertz CT molecular complexity index is 1430. The summed E-state index contributed by atoms with van der Waals surface area (Å²) in [4.78, 5) is 12.7. The smallest absolute Gasteiger partial charge is 0.255 e. The minimum Gasteiger partial charge on any atom is -0.455 e. The molecule has 0 radical (unpaired) electrons. The number of furan rings is 1. The lowest BCUT2D eigenvalue weighted by Crippen LogP contribution is -2.24. The topological polar surface area (TPSA) is 79.6 Å². The van der Waals surface area contributed by atoms with E-state index in [0.29, 0.717) is 38.1 Å². The molecule has 0 saturated heterocycles. The van der Waals surface area contributed by atoms with Crippen molar-refractivity contribution in [3.05, 3.63) is 87.1 Å². The summed E-state index contributed by atoms with van der Waals surface area (Å²) in [6.07, 6.45) is 0.466. The Morgan fingerprint density at radius 3 is 2.41 bits per heavy atom. The first-order valence-electron chi connectivity index (χ1n) is 10.2. The summed E-state index contributed by atoms with van der Waals surface area (Å²) in [5.41, 5.74) is 2.42. The number of nitrogens with zero attached hydrogens (tertiary/aromatic N) is 1. The van der Waals surface area contributed by atoms with Crippen molar-refractivity contribution in [1.29, 1.82) is 0 Å². The second-order valence-corrected chi connectivity index (χ2v) is 9.68. The average molecular weight is 566 g/mol. The maximum Gasteiger partial charge on any atom is 0.255 e. The molecule has 0 saturated carbocycles. The van der Waals surface area contributed by atoms with E-state index in [1.54, 1.807) is 24.3 Å². The zero-order valence-corrected chi connectivity index (χ0v) is 21.1. The summed E-state index contributed by atoms with van der Waals surface area (Å²) in [6.45, 7) is 0.193. The number of carbonyl (C=O) groups excluding carboxylic acids is 1. The molecule has 0 atom stereocenters. The van der Waals surface area contributed by atoms with Crippen molar-refractivity contribution in [2.24, 2.45) is 0 Å². The maximum absolute atomic E-state index is 13.4. The van der Waals surface area contributed by atoms with Gasteiger partial charge in [0.15, 0.2) is 0 Å². The molecule has 1 N–H and O–H groups in total. The van der Waals surface area contributed by atoms with E-state index in [9.17, 15) is 17.6 Å². The first kappa shape index (κ1) is 24.3. The third-order valence-corrected chi connectivity index (χ3v) is 7.02. The number of benzene rings is 3.